The Balaban J connectivity index is 2.07. The molecule has 0 fully saturated rings. The second-order valence-corrected chi connectivity index (χ2v) is 7.14. The highest BCUT2D eigenvalue weighted by Gasteiger charge is 2.22. The minimum absolute atomic E-state index is 0.104. The predicted octanol–water partition coefficient (Wildman–Crippen LogP) is 2.33. The van der Waals surface area contributed by atoms with Gasteiger partial charge in [0.05, 0.1) is 36.0 Å². The van der Waals surface area contributed by atoms with Crippen LogP contribution in [0.4, 0.5) is 5.69 Å². The standard InChI is InChI=1S/C15H14ClN3O5S/c1-23-8-3-4-13(24-2)14(5-8)25(21,22)19-10-7-12-11(6-9(10)16)17-15(20)18-12/h3-7,19H,1-2H3,(H2,17,18,20). The van der Waals surface area contributed by atoms with Crippen LogP contribution >= 0.6 is 11.6 Å². The van der Waals surface area contributed by atoms with Gasteiger partial charge in [-0.15, -0.1) is 0 Å². The van der Waals surface area contributed by atoms with E-state index in [1.165, 1.54) is 38.5 Å². The zero-order valence-corrected chi connectivity index (χ0v) is 14.8. The number of imidazole rings is 1. The van der Waals surface area contributed by atoms with E-state index in [1.807, 2.05) is 0 Å². The number of aromatic amines is 2. The van der Waals surface area contributed by atoms with Crippen molar-refractivity contribution >= 4 is 38.3 Å². The molecule has 8 nitrogen and oxygen atoms in total. The van der Waals surface area contributed by atoms with E-state index in [4.69, 9.17) is 21.1 Å². The summed E-state index contributed by atoms with van der Waals surface area (Å²) in [6.07, 6.45) is 0. The Hall–Kier alpha value is -2.65. The quantitative estimate of drug-likeness (QED) is 0.625. The third kappa shape index (κ3) is 3.28. The van der Waals surface area contributed by atoms with Gasteiger partial charge in [0.25, 0.3) is 10.0 Å². The van der Waals surface area contributed by atoms with Gasteiger partial charge in [-0.1, -0.05) is 11.6 Å². The molecule has 0 radical (unpaired) electrons. The number of aromatic nitrogens is 2. The summed E-state index contributed by atoms with van der Waals surface area (Å²) in [5.41, 5.74) is 0.594. The molecule has 0 atom stereocenters. The number of anilines is 1. The van der Waals surface area contributed by atoms with Crippen LogP contribution in [0.2, 0.25) is 5.02 Å². The molecule has 2 aromatic carbocycles. The highest BCUT2D eigenvalue weighted by molar-refractivity contribution is 7.92. The van der Waals surface area contributed by atoms with Crippen molar-refractivity contribution in [3.8, 4) is 11.5 Å². The molecule has 0 saturated heterocycles. The van der Waals surface area contributed by atoms with Crippen molar-refractivity contribution in [2.24, 2.45) is 0 Å². The van der Waals surface area contributed by atoms with Gasteiger partial charge in [-0.05, 0) is 24.3 Å². The fourth-order valence-electron chi connectivity index (χ4n) is 2.33. The summed E-state index contributed by atoms with van der Waals surface area (Å²) >= 11 is 6.12. The van der Waals surface area contributed by atoms with Crippen molar-refractivity contribution < 1.29 is 17.9 Å². The van der Waals surface area contributed by atoms with Crippen LogP contribution in [0.3, 0.4) is 0 Å². The van der Waals surface area contributed by atoms with Crippen LogP contribution in [-0.2, 0) is 10.0 Å². The van der Waals surface area contributed by atoms with E-state index >= 15 is 0 Å². The molecule has 0 bridgehead atoms. The maximum Gasteiger partial charge on any atom is 0.323 e. The largest absolute Gasteiger partial charge is 0.497 e. The van der Waals surface area contributed by atoms with Gasteiger partial charge in [-0.3, -0.25) is 4.72 Å². The molecule has 0 aliphatic carbocycles. The first-order valence-electron chi connectivity index (χ1n) is 7.00. The third-order valence-corrected chi connectivity index (χ3v) is 5.21. The van der Waals surface area contributed by atoms with Gasteiger partial charge in [0.2, 0.25) is 0 Å². The van der Waals surface area contributed by atoms with Gasteiger partial charge in [-0.2, -0.15) is 0 Å². The van der Waals surface area contributed by atoms with E-state index in [2.05, 4.69) is 14.7 Å². The molecule has 0 unspecified atom stereocenters. The molecule has 0 amide bonds. The summed E-state index contributed by atoms with van der Waals surface area (Å²) in [6.45, 7) is 0. The minimum Gasteiger partial charge on any atom is -0.497 e. The second-order valence-electron chi connectivity index (χ2n) is 5.08. The Morgan fingerprint density at radius 1 is 1.04 bits per heavy atom. The highest BCUT2D eigenvalue weighted by Crippen LogP contribution is 2.32. The molecule has 10 heteroatoms. The van der Waals surface area contributed by atoms with Crippen LogP contribution < -0.4 is 19.9 Å². The smallest absolute Gasteiger partial charge is 0.323 e. The molecule has 1 heterocycles. The lowest BCUT2D eigenvalue weighted by atomic mass is 10.3. The molecule has 0 aliphatic heterocycles. The molecular weight excluding hydrogens is 370 g/mol. The summed E-state index contributed by atoms with van der Waals surface area (Å²) in [5.74, 6) is 0.512. The lowest BCUT2D eigenvalue weighted by molar-refractivity contribution is 0.392. The van der Waals surface area contributed by atoms with E-state index in [0.29, 0.717) is 16.8 Å². The molecule has 0 saturated carbocycles. The van der Waals surface area contributed by atoms with Gasteiger partial charge >= 0.3 is 5.69 Å². The molecular formula is C15H14ClN3O5S. The number of sulfonamides is 1. The second kappa shape index (κ2) is 6.34. The Labute approximate surface area is 147 Å². The van der Waals surface area contributed by atoms with Crippen molar-refractivity contribution in [2.75, 3.05) is 18.9 Å². The van der Waals surface area contributed by atoms with E-state index in [9.17, 15) is 13.2 Å². The van der Waals surface area contributed by atoms with E-state index in [1.54, 1.807) is 6.07 Å². The molecule has 0 spiro atoms. The van der Waals surface area contributed by atoms with Gasteiger partial charge < -0.3 is 19.4 Å². The fraction of sp³-hybridized carbons (Fsp3) is 0.133. The molecule has 3 N–H and O–H groups in total. The van der Waals surface area contributed by atoms with E-state index in [0.717, 1.165) is 0 Å². The summed E-state index contributed by atoms with van der Waals surface area (Å²) in [6, 6.07) is 7.30. The summed E-state index contributed by atoms with van der Waals surface area (Å²) in [5, 5.41) is 0.133. The van der Waals surface area contributed by atoms with Crippen LogP contribution in [0.1, 0.15) is 0 Å². The van der Waals surface area contributed by atoms with Gasteiger partial charge in [-0.25, -0.2) is 13.2 Å². The molecule has 1 aromatic heterocycles. The number of ether oxygens (including phenoxy) is 2. The van der Waals surface area contributed by atoms with Crippen molar-refractivity contribution in [2.45, 2.75) is 4.90 Å². The van der Waals surface area contributed by atoms with Gasteiger partial charge in [0.15, 0.2) is 0 Å². The highest BCUT2D eigenvalue weighted by atomic mass is 35.5. The number of nitrogens with one attached hydrogen (secondary N) is 3. The molecule has 0 aliphatic rings. The molecule has 3 aromatic rings. The number of methoxy groups -OCH3 is 2. The zero-order chi connectivity index (χ0) is 18.2. The number of fused-ring (bicyclic) bond motifs is 1. The first kappa shape index (κ1) is 17.2. The molecule has 3 rings (SSSR count). The SMILES string of the molecule is COc1ccc(OC)c(S(=O)(=O)Nc2cc3[nH]c(=O)[nH]c3cc2Cl)c1. The summed E-state index contributed by atoms with van der Waals surface area (Å²) < 4.78 is 38.1. The fourth-order valence-corrected chi connectivity index (χ4v) is 3.85. The Morgan fingerprint density at radius 2 is 1.72 bits per heavy atom. The van der Waals surface area contributed by atoms with E-state index in [-0.39, 0.29) is 21.4 Å². The van der Waals surface area contributed by atoms with E-state index < -0.39 is 15.7 Å². The van der Waals surface area contributed by atoms with Gasteiger partial charge in [0, 0.05) is 6.07 Å². The molecule has 132 valence electrons. The van der Waals surface area contributed by atoms with Crippen LogP contribution in [0, 0.1) is 0 Å². The first-order chi connectivity index (χ1) is 11.8. The molecule has 25 heavy (non-hydrogen) atoms. The number of benzene rings is 2. The van der Waals surface area contributed by atoms with Crippen molar-refractivity contribution in [3.63, 3.8) is 0 Å². The Morgan fingerprint density at radius 3 is 2.36 bits per heavy atom. The minimum atomic E-state index is -4.01. The van der Waals surface area contributed by atoms with Crippen LogP contribution in [0.15, 0.2) is 40.0 Å². The van der Waals surface area contributed by atoms with Crippen molar-refractivity contribution in [1.82, 2.24) is 9.97 Å². The summed E-state index contributed by atoms with van der Waals surface area (Å²) in [4.78, 5) is 16.3. The number of rotatable bonds is 5. The summed E-state index contributed by atoms with van der Waals surface area (Å²) in [7, 11) is -1.22. The number of H-pyrrole nitrogens is 2. The first-order valence-corrected chi connectivity index (χ1v) is 8.86. The predicted molar refractivity (Wildman–Crippen MR) is 94.3 cm³/mol. The number of hydrogen-bond donors (Lipinski definition) is 3. The Bertz CT molecular complexity index is 1100. The van der Waals surface area contributed by atoms with Crippen molar-refractivity contribution in [1.29, 1.82) is 0 Å². The average Bonchev–Trinajstić information content (AvgIpc) is 2.93. The lowest BCUT2D eigenvalue weighted by Crippen LogP contribution is -2.14. The number of hydrogen-bond acceptors (Lipinski definition) is 5. The maximum atomic E-state index is 12.8. The monoisotopic (exact) mass is 383 g/mol. The third-order valence-electron chi connectivity index (χ3n) is 3.51. The topological polar surface area (TPSA) is 113 Å². The lowest BCUT2D eigenvalue weighted by Gasteiger charge is -2.13. The average molecular weight is 384 g/mol. The van der Waals surface area contributed by atoms with Crippen LogP contribution in [0.25, 0.3) is 11.0 Å². The van der Waals surface area contributed by atoms with Crippen molar-refractivity contribution in [3.05, 3.63) is 45.8 Å². The zero-order valence-electron chi connectivity index (χ0n) is 13.2. The van der Waals surface area contributed by atoms with Crippen LogP contribution in [-0.4, -0.2) is 32.6 Å². The normalized spacial score (nSPS) is 11.5. The maximum absolute atomic E-state index is 12.8. The number of halogens is 1. The Kier molecular flexibility index (Phi) is 4.36. The van der Waals surface area contributed by atoms with Crippen LogP contribution in [0.5, 0.6) is 11.5 Å². The van der Waals surface area contributed by atoms with Gasteiger partial charge in [0.1, 0.15) is 16.4 Å².